The normalized spacial score (nSPS) is 15.1. The van der Waals surface area contributed by atoms with E-state index in [9.17, 15) is 18.8 Å². The van der Waals surface area contributed by atoms with E-state index in [-0.39, 0.29) is 23.0 Å². The van der Waals surface area contributed by atoms with E-state index < -0.39 is 23.8 Å². The van der Waals surface area contributed by atoms with E-state index >= 15 is 0 Å². The SMILES string of the molecule is CC(=O)Nc1ccc(-c2csc(NC(=O)[C@H]3Cc4ccccc4C(=O)O3)n2)c(F)c1. The number of halogens is 1. The van der Waals surface area contributed by atoms with Crippen molar-refractivity contribution in [3.8, 4) is 11.3 Å². The van der Waals surface area contributed by atoms with Crippen molar-refractivity contribution in [3.63, 3.8) is 0 Å². The zero-order valence-electron chi connectivity index (χ0n) is 15.8. The molecule has 0 bridgehead atoms. The highest BCUT2D eigenvalue weighted by atomic mass is 32.1. The Morgan fingerprint density at radius 3 is 2.73 bits per heavy atom. The van der Waals surface area contributed by atoms with E-state index in [0.717, 1.165) is 16.9 Å². The zero-order valence-corrected chi connectivity index (χ0v) is 16.6. The first kappa shape index (κ1) is 19.7. The van der Waals surface area contributed by atoms with Gasteiger partial charge < -0.3 is 10.1 Å². The minimum atomic E-state index is -0.964. The number of fused-ring (bicyclic) bond motifs is 1. The standard InChI is InChI=1S/C21H16FN3O4S/c1-11(26)23-13-6-7-15(16(22)9-13)17-10-30-21(24-17)25-19(27)18-8-12-4-2-3-5-14(12)20(28)29-18/h2-7,9-10,18H,8H2,1H3,(H,23,26)(H,24,25,27)/t18-/m1/s1. The number of thiazole rings is 1. The van der Waals surface area contributed by atoms with Gasteiger partial charge in [0.15, 0.2) is 11.2 Å². The topological polar surface area (TPSA) is 97.4 Å². The molecule has 1 atom stereocenters. The quantitative estimate of drug-likeness (QED) is 0.622. The van der Waals surface area contributed by atoms with E-state index in [0.29, 0.717) is 16.9 Å². The molecule has 1 aliphatic heterocycles. The lowest BCUT2D eigenvalue weighted by Crippen LogP contribution is -2.37. The van der Waals surface area contributed by atoms with Gasteiger partial charge in [0.1, 0.15) is 5.82 Å². The lowest BCUT2D eigenvalue weighted by molar-refractivity contribution is -0.125. The fourth-order valence-corrected chi connectivity index (χ4v) is 3.84. The minimum absolute atomic E-state index is 0.235. The van der Waals surface area contributed by atoms with Gasteiger partial charge in [0.05, 0.1) is 11.3 Å². The Morgan fingerprint density at radius 2 is 1.97 bits per heavy atom. The maximum atomic E-state index is 14.4. The predicted octanol–water partition coefficient (Wildman–Crippen LogP) is 3.63. The Labute approximate surface area is 174 Å². The molecule has 0 saturated carbocycles. The Balaban J connectivity index is 1.47. The molecule has 3 aromatic rings. The second kappa shape index (κ2) is 8.03. The molecule has 2 heterocycles. The summed E-state index contributed by atoms with van der Waals surface area (Å²) in [5.41, 5.74) is 2.12. The van der Waals surface area contributed by atoms with Crippen LogP contribution in [0, 0.1) is 5.82 Å². The number of nitrogens with one attached hydrogen (secondary N) is 2. The van der Waals surface area contributed by atoms with Crippen LogP contribution >= 0.6 is 11.3 Å². The third-order valence-corrected chi connectivity index (χ3v) is 5.24. The number of anilines is 2. The van der Waals surface area contributed by atoms with Gasteiger partial charge in [-0.3, -0.25) is 14.9 Å². The lowest BCUT2D eigenvalue weighted by atomic mass is 9.98. The number of ether oxygens (including phenoxy) is 1. The van der Waals surface area contributed by atoms with Crippen molar-refractivity contribution < 1.29 is 23.5 Å². The third-order valence-electron chi connectivity index (χ3n) is 4.48. The second-order valence-electron chi connectivity index (χ2n) is 6.66. The maximum Gasteiger partial charge on any atom is 0.339 e. The van der Waals surface area contributed by atoms with Gasteiger partial charge in [0, 0.05) is 30.0 Å². The molecule has 2 N–H and O–H groups in total. The molecular weight excluding hydrogens is 409 g/mol. The van der Waals surface area contributed by atoms with Gasteiger partial charge >= 0.3 is 5.97 Å². The van der Waals surface area contributed by atoms with E-state index in [2.05, 4.69) is 15.6 Å². The molecular formula is C21H16FN3O4S. The molecule has 1 aromatic heterocycles. The summed E-state index contributed by atoms with van der Waals surface area (Å²) in [5, 5.41) is 6.99. The molecule has 152 valence electrons. The number of esters is 1. The van der Waals surface area contributed by atoms with Crippen molar-refractivity contribution in [1.82, 2.24) is 4.98 Å². The summed E-state index contributed by atoms with van der Waals surface area (Å²) in [5.74, 6) is -1.90. The van der Waals surface area contributed by atoms with Crippen molar-refractivity contribution in [2.75, 3.05) is 10.6 Å². The van der Waals surface area contributed by atoms with Gasteiger partial charge in [0.2, 0.25) is 5.91 Å². The smallest absolute Gasteiger partial charge is 0.339 e. The Bertz CT molecular complexity index is 1160. The van der Waals surface area contributed by atoms with Crippen LogP contribution < -0.4 is 10.6 Å². The highest BCUT2D eigenvalue weighted by molar-refractivity contribution is 7.14. The number of carbonyl (C=O) groups excluding carboxylic acids is 3. The Morgan fingerprint density at radius 1 is 1.17 bits per heavy atom. The van der Waals surface area contributed by atoms with E-state index in [4.69, 9.17) is 4.74 Å². The fourth-order valence-electron chi connectivity index (χ4n) is 3.12. The Kier molecular flexibility index (Phi) is 5.28. The van der Waals surface area contributed by atoms with Gasteiger partial charge in [0.25, 0.3) is 5.91 Å². The van der Waals surface area contributed by atoms with Crippen LogP contribution in [0.15, 0.2) is 47.8 Å². The van der Waals surface area contributed by atoms with Gasteiger partial charge in [-0.1, -0.05) is 18.2 Å². The number of amides is 2. The number of rotatable bonds is 4. The second-order valence-corrected chi connectivity index (χ2v) is 7.52. The van der Waals surface area contributed by atoms with E-state index in [1.807, 2.05) is 0 Å². The monoisotopic (exact) mass is 425 g/mol. The summed E-state index contributed by atoms with van der Waals surface area (Å²) in [7, 11) is 0. The number of benzene rings is 2. The molecule has 9 heteroatoms. The highest BCUT2D eigenvalue weighted by Gasteiger charge is 2.31. The molecule has 0 unspecified atom stereocenters. The van der Waals surface area contributed by atoms with Crippen molar-refractivity contribution in [2.24, 2.45) is 0 Å². The van der Waals surface area contributed by atoms with Crippen LogP contribution in [0.25, 0.3) is 11.3 Å². The van der Waals surface area contributed by atoms with Crippen LogP contribution in [-0.2, 0) is 20.7 Å². The first-order valence-corrected chi connectivity index (χ1v) is 9.91. The summed E-state index contributed by atoms with van der Waals surface area (Å²) in [4.78, 5) is 40.0. The number of nitrogens with zero attached hydrogens (tertiary/aromatic N) is 1. The first-order chi connectivity index (χ1) is 14.4. The Hall–Kier alpha value is -3.59. The van der Waals surface area contributed by atoms with Crippen molar-refractivity contribution in [3.05, 3.63) is 64.8 Å². The first-order valence-electron chi connectivity index (χ1n) is 9.03. The van der Waals surface area contributed by atoms with Crippen molar-refractivity contribution in [1.29, 1.82) is 0 Å². The molecule has 30 heavy (non-hydrogen) atoms. The van der Waals surface area contributed by atoms with Gasteiger partial charge in [-0.15, -0.1) is 11.3 Å². The van der Waals surface area contributed by atoms with Gasteiger partial charge in [-0.05, 0) is 29.8 Å². The summed E-state index contributed by atoms with van der Waals surface area (Å²) in [6.45, 7) is 1.34. The predicted molar refractivity (Wildman–Crippen MR) is 110 cm³/mol. The van der Waals surface area contributed by atoms with Crippen LogP contribution in [0.1, 0.15) is 22.8 Å². The van der Waals surface area contributed by atoms with Crippen LogP contribution in [0.3, 0.4) is 0 Å². The molecule has 2 aromatic carbocycles. The van der Waals surface area contributed by atoms with Gasteiger partial charge in [-0.2, -0.15) is 0 Å². The lowest BCUT2D eigenvalue weighted by Gasteiger charge is -2.23. The highest BCUT2D eigenvalue weighted by Crippen LogP contribution is 2.29. The molecule has 0 saturated heterocycles. The third kappa shape index (κ3) is 4.06. The summed E-state index contributed by atoms with van der Waals surface area (Å²) in [6, 6.07) is 11.2. The van der Waals surface area contributed by atoms with Crippen molar-refractivity contribution >= 4 is 39.9 Å². The molecule has 7 nitrogen and oxygen atoms in total. The zero-order chi connectivity index (χ0) is 21.3. The number of aromatic nitrogens is 1. The number of carbonyl (C=O) groups is 3. The number of hydrogen-bond acceptors (Lipinski definition) is 6. The summed E-state index contributed by atoms with van der Waals surface area (Å²) >= 11 is 1.13. The largest absolute Gasteiger partial charge is 0.448 e. The molecule has 4 rings (SSSR count). The van der Waals surface area contributed by atoms with Crippen LogP contribution in [-0.4, -0.2) is 28.9 Å². The average Bonchev–Trinajstić information content (AvgIpc) is 3.15. The number of hydrogen-bond donors (Lipinski definition) is 2. The summed E-state index contributed by atoms with van der Waals surface area (Å²) < 4.78 is 19.6. The van der Waals surface area contributed by atoms with Crippen LogP contribution in [0.5, 0.6) is 0 Å². The van der Waals surface area contributed by atoms with Gasteiger partial charge in [-0.25, -0.2) is 14.2 Å². The molecule has 1 aliphatic rings. The van der Waals surface area contributed by atoms with E-state index in [1.165, 1.54) is 19.1 Å². The molecule has 2 amide bonds. The number of cyclic esters (lactones) is 1. The fraction of sp³-hybridized carbons (Fsp3) is 0.143. The van der Waals surface area contributed by atoms with E-state index in [1.54, 1.807) is 35.7 Å². The average molecular weight is 425 g/mol. The van der Waals surface area contributed by atoms with Crippen molar-refractivity contribution in [2.45, 2.75) is 19.4 Å². The van der Waals surface area contributed by atoms with Crippen LogP contribution in [0.4, 0.5) is 15.2 Å². The van der Waals surface area contributed by atoms with Crippen LogP contribution in [0.2, 0.25) is 0 Å². The maximum absolute atomic E-state index is 14.4. The summed E-state index contributed by atoms with van der Waals surface area (Å²) in [6.07, 6.45) is -0.695. The minimum Gasteiger partial charge on any atom is -0.448 e. The molecule has 0 radical (unpaired) electrons. The molecule has 0 fully saturated rings. The molecule has 0 aliphatic carbocycles. The molecule has 0 spiro atoms.